The van der Waals surface area contributed by atoms with Gasteiger partial charge in [-0.3, -0.25) is 4.68 Å². The Morgan fingerprint density at radius 2 is 1.65 bits per heavy atom. The molecule has 0 spiro atoms. The molecule has 7 heteroatoms. The second-order valence-corrected chi connectivity index (χ2v) is 5.65. The van der Waals surface area contributed by atoms with Crippen molar-refractivity contribution in [2.45, 2.75) is 0 Å². The molecule has 0 atom stereocenters. The SMILES string of the molecule is Cn1ncc2c(N3CCN(c4ccc(F)cc4)CC3)ncnc21. The number of anilines is 2. The fourth-order valence-electron chi connectivity index (χ4n) is 3.03. The molecule has 3 heterocycles. The summed E-state index contributed by atoms with van der Waals surface area (Å²) in [5.74, 6) is 0.731. The van der Waals surface area contributed by atoms with Gasteiger partial charge < -0.3 is 9.80 Å². The Bertz CT molecular complexity index is 820. The van der Waals surface area contributed by atoms with Crippen LogP contribution in [-0.4, -0.2) is 45.9 Å². The van der Waals surface area contributed by atoms with Crippen LogP contribution in [0.3, 0.4) is 0 Å². The standard InChI is InChI=1S/C16H17FN6/c1-21-15-14(10-20-21)16(19-11-18-15)23-8-6-22(7-9-23)13-4-2-12(17)3-5-13/h2-5,10-11H,6-9H2,1H3. The number of nitrogens with zero attached hydrogens (tertiary/aromatic N) is 6. The smallest absolute Gasteiger partial charge is 0.163 e. The first kappa shape index (κ1) is 13.9. The zero-order chi connectivity index (χ0) is 15.8. The Morgan fingerprint density at radius 1 is 0.957 bits per heavy atom. The zero-order valence-electron chi connectivity index (χ0n) is 12.9. The molecule has 1 fully saturated rings. The number of piperazine rings is 1. The van der Waals surface area contributed by atoms with Crippen LogP contribution >= 0.6 is 0 Å². The van der Waals surface area contributed by atoms with Crippen LogP contribution in [0.5, 0.6) is 0 Å². The fourth-order valence-corrected chi connectivity index (χ4v) is 3.03. The van der Waals surface area contributed by atoms with Gasteiger partial charge in [0.25, 0.3) is 0 Å². The van der Waals surface area contributed by atoms with Gasteiger partial charge in [0.1, 0.15) is 18.0 Å². The van der Waals surface area contributed by atoms with Crippen LogP contribution < -0.4 is 9.80 Å². The van der Waals surface area contributed by atoms with Crippen molar-refractivity contribution in [2.24, 2.45) is 7.05 Å². The lowest BCUT2D eigenvalue weighted by atomic mass is 10.2. The Kier molecular flexibility index (Phi) is 3.33. The quantitative estimate of drug-likeness (QED) is 0.722. The Labute approximate surface area is 133 Å². The van der Waals surface area contributed by atoms with Gasteiger partial charge in [0.2, 0.25) is 0 Å². The number of benzene rings is 1. The van der Waals surface area contributed by atoms with Crippen molar-refractivity contribution in [3.8, 4) is 0 Å². The van der Waals surface area contributed by atoms with E-state index in [1.54, 1.807) is 11.0 Å². The Morgan fingerprint density at radius 3 is 2.39 bits per heavy atom. The van der Waals surface area contributed by atoms with Crippen molar-refractivity contribution in [3.63, 3.8) is 0 Å². The van der Waals surface area contributed by atoms with E-state index in [-0.39, 0.29) is 5.82 Å². The molecular weight excluding hydrogens is 295 g/mol. The van der Waals surface area contributed by atoms with Crippen LogP contribution in [0, 0.1) is 5.82 Å². The Balaban J connectivity index is 1.54. The fraction of sp³-hybridized carbons (Fsp3) is 0.312. The summed E-state index contributed by atoms with van der Waals surface area (Å²) in [6.07, 6.45) is 3.41. The van der Waals surface area contributed by atoms with Gasteiger partial charge in [-0.05, 0) is 24.3 Å². The summed E-state index contributed by atoms with van der Waals surface area (Å²) in [5, 5.41) is 5.24. The molecule has 3 aromatic rings. The van der Waals surface area contributed by atoms with Gasteiger partial charge in [-0.2, -0.15) is 5.10 Å². The first-order valence-electron chi connectivity index (χ1n) is 7.60. The van der Waals surface area contributed by atoms with Gasteiger partial charge in [-0.25, -0.2) is 14.4 Å². The molecule has 4 rings (SSSR count). The predicted octanol–water partition coefficient (Wildman–Crippen LogP) is 1.83. The van der Waals surface area contributed by atoms with Crippen LogP contribution in [-0.2, 0) is 7.05 Å². The third-order valence-corrected chi connectivity index (χ3v) is 4.28. The highest BCUT2D eigenvalue weighted by Gasteiger charge is 2.21. The average Bonchev–Trinajstić information content (AvgIpc) is 2.97. The molecule has 1 aliphatic rings. The number of aryl methyl sites for hydroxylation is 1. The van der Waals surface area contributed by atoms with Crippen molar-refractivity contribution in [1.29, 1.82) is 0 Å². The molecule has 0 unspecified atom stereocenters. The van der Waals surface area contributed by atoms with E-state index in [1.165, 1.54) is 12.1 Å². The van der Waals surface area contributed by atoms with Gasteiger partial charge in [-0.15, -0.1) is 0 Å². The second kappa shape index (κ2) is 5.49. The molecule has 1 saturated heterocycles. The average molecular weight is 312 g/mol. The molecule has 118 valence electrons. The number of halogens is 1. The lowest BCUT2D eigenvalue weighted by molar-refractivity contribution is 0.624. The molecule has 23 heavy (non-hydrogen) atoms. The minimum absolute atomic E-state index is 0.202. The highest BCUT2D eigenvalue weighted by molar-refractivity contribution is 5.86. The monoisotopic (exact) mass is 312 g/mol. The zero-order valence-corrected chi connectivity index (χ0v) is 12.9. The van der Waals surface area contributed by atoms with Crippen molar-refractivity contribution in [1.82, 2.24) is 19.7 Å². The molecule has 0 bridgehead atoms. The van der Waals surface area contributed by atoms with Crippen LogP contribution in [0.1, 0.15) is 0 Å². The van der Waals surface area contributed by atoms with Crippen molar-refractivity contribution in [2.75, 3.05) is 36.0 Å². The molecule has 0 radical (unpaired) electrons. The predicted molar refractivity (Wildman–Crippen MR) is 87.1 cm³/mol. The molecule has 0 N–H and O–H groups in total. The van der Waals surface area contributed by atoms with Crippen LogP contribution in [0.4, 0.5) is 15.9 Å². The van der Waals surface area contributed by atoms with E-state index in [4.69, 9.17) is 0 Å². The molecule has 6 nitrogen and oxygen atoms in total. The number of hydrogen-bond donors (Lipinski definition) is 0. The maximum Gasteiger partial charge on any atom is 0.163 e. The largest absolute Gasteiger partial charge is 0.368 e. The molecule has 0 saturated carbocycles. The van der Waals surface area contributed by atoms with Gasteiger partial charge in [0, 0.05) is 38.9 Å². The summed E-state index contributed by atoms with van der Waals surface area (Å²) in [6.45, 7) is 3.46. The van der Waals surface area contributed by atoms with E-state index in [0.29, 0.717) is 0 Å². The first-order valence-corrected chi connectivity index (χ1v) is 7.60. The lowest BCUT2D eigenvalue weighted by Crippen LogP contribution is -2.46. The number of rotatable bonds is 2. The number of aromatic nitrogens is 4. The number of fused-ring (bicyclic) bond motifs is 1. The van der Waals surface area contributed by atoms with Crippen LogP contribution in [0.2, 0.25) is 0 Å². The molecule has 1 aromatic carbocycles. The Hall–Kier alpha value is -2.70. The highest BCUT2D eigenvalue weighted by Crippen LogP contribution is 2.24. The van der Waals surface area contributed by atoms with Crippen molar-refractivity contribution < 1.29 is 4.39 Å². The minimum Gasteiger partial charge on any atom is -0.368 e. The van der Waals surface area contributed by atoms with Crippen molar-refractivity contribution >= 4 is 22.5 Å². The summed E-state index contributed by atoms with van der Waals surface area (Å²) in [6, 6.07) is 6.67. The van der Waals surface area contributed by atoms with E-state index in [2.05, 4.69) is 24.9 Å². The van der Waals surface area contributed by atoms with Crippen LogP contribution in [0.15, 0.2) is 36.8 Å². The second-order valence-electron chi connectivity index (χ2n) is 5.65. The summed E-state index contributed by atoms with van der Waals surface area (Å²) in [7, 11) is 1.88. The normalized spacial score (nSPS) is 15.4. The summed E-state index contributed by atoms with van der Waals surface area (Å²) in [5.41, 5.74) is 1.90. The van der Waals surface area contributed by atoms with E-state index >= 15 is 0 Å². The lowest BCUT2D eigenvalue weighted by Gasteiger charge is -2.36. The van der Waals surface area contributed by atoms with E-state index in [9.17, 15) is 4.39 Å². The highest BCUT2D eigenvalue weighted by atomic mass is 19.1. The first-order chi connectivity index (χ1) is 11.2. The summed E-state index contributed by atoms with van der Waals surface area (Å²) >= 11 is 0. The van der Waals surface area contributed by atoms with Crippen LogP contribution in [0.25, 0.3) is 11.0 Å². The van der Waals surface area contributed by atoms with E-state index in [0.717, 1.165) is 48.7 Å². The van der Waals surface area contributed by atoms with Gasteiger partial charge in [0.15, 0.2) is 5.65 Å². The molecule has 0 aliphatic carbocycles. The van der Waals surface area contributed by atoms with Crippen molar-refractivity contribution in [3.05, 3.63) is 42.6 Å². The summed E-state index contributed by atoms with van der Waals surface area (Å²) < 4.78 is 14.8. The molecule has 0 amide bonds. The minimum atomic E-state index is -0.202. The maximum atomic E-state index is 13.0. The maximum absolute atomic E-state index is 13.0. The van der Waals surface area contributed by atoms with Gasteiger partial charge >= 0.3 is 0 Å². The van der Waals surface area contributed by atoms with Gasteiger partial charge in [-0.1, -0.05) is 0 Å². The molecule has 2 aromatic heterocycles. The number of hydrogen-bond acceptors (Lipinski definition) is 5. The summed E-state index contributed by atoms with van der Waals surface area (Å²) in [4.78, 5) is 13.2. The van der Waals surface area contributed by atoms with E-state index < -0.39 is 0 Å². The molecule has 1 aliphatic heterocycles. The van der Waals surface area contributed by atoms with E-state index in [1.807, 2.05) is 25.4 Å². The van der Waals surface area contributed by atoms with Gasteiger partial charge in [0.05, 0.1) is 11.6 Å². The third kappa shape index (κ3) is 2.48. The molecular formula is C16H17FN6. The topological polar surface area (TPSA) is 50.1 Å². The third-order valence-electron chi connectivity index (χ3n) is 4.28.